The number of hydrogen-bond acceptors (Lipinski definition) is 6. The number of piperidine rings is 1. The van der Waals surface area contributed by atoms with Crippen molar-refractivity contribution in [3.63, 3.8) is 0 Å². The highest BCUT2D eigenvalue weighted by molar-refractivity contribution is 5.94. The number of ether oxygens (including phenoxy) is 2. The highest BCUT2D eigenvalue weighted by Gasteiger charge is 2.19. The van der Waals surface area contributed by atoms with Crippen LogP contribution in [-0.4, -0.2) is 42.1 Å². The van der Waals surface area contributed by atoms with E-state index in [2.05, 4.69) is 10.3 Å². The summed E-state index contributed by atoms with van der Waals surface area (Å²) < 4.78 is 12.1. The van der Waals surface area contributed by atoms with Gasteiger partial charge in [-0.05, 0) is 43.0 Å². The number of aromatic nitrogens is 2. The molecule has 2 aromatic carbocycles. The van der Waals surface area contributed by atoms with Crippen LogP contribution in [0.2, 0.25) is 0 Å². The van der Waals surface area contributed by atoms with Gasteiger partial charge in [-0.3, -0.25) is 19.0 Å². The Morgan fingerprint density at radius 3 is 2.66 bits per heavy atom. The van der Waals surface area contributed by atoms with E-state index in [1.54, 1.807) is 12.1 Å². The lowest BCUT2D eigenvalue weighted by Gasteiger charge is -2.27. The van der Waals surface area contributed by atoms with Crippen LogP contribution in [0.5, 0.6) is 11.5 Å². The zero-order chi connectivity index (χ0) is 24.8. The third-order valence-corrected chi connectivity index (χ3v) is 6.17. The van der Waals surface area contributed by atoms with Gasteiger partial charge in [0.25, 0.3) is 5.56 Å². The number of carbonyl (C=O) groups excluding carboxylic acids is 2. The van der Waals surface area contributed by atoms with E-state index in [1.165, 1.54) is 25.1 Å². The van der Waals surface area contributed by atoms with Crippen LogP contribution >= 0.6 is 0 Å². The summed E-state index contributed by atoms with van der Waals surface area (Å²) >= 11 is 0. The second-order valence-corrected chi connectivity index (χ2v) is 8.52. The largest absolute Gasteiger partial charge is 0.493 e. The molecular formula is C26H30N4O5. The summed E-state index contributed by atoms with van der Waals surface area (Å²) in [7, 11) is 3.04. The molecular weight excluding hydrogens is 448 g/mol. The molecule has 9 nitrogen and oxygen atoms in total. The minimum Gasteiger partial charge on any atom is -0.493 e. The number of fused-ring (bicyclic) bond motifs is 1. The number of amides is 2. The van der Waals surface area contributed by atoms with Crippen molar-refractivity contribution in [1.29, 1.82) is 0 Å². The molecule has 4 rings (SSSR count). The summed E-state index contributed by atoms with van der Waals surface area (Å²) in [5.41, 5.74) is 2.14. The molecule has 0 radical (unpaired) electrons. The van der Waals surface area contributed by atoms with Crippen LogP contribution in [0.1, 0.15) is 37.7 Å². The van der Waals surface area contributed by atoms with Gasteiger partial charge in [0.15, 0.2) is 11.5 Å². The van der Waals surface area contributed by atoms with Gasteiger partial charge in [-0.15, -0.1) is 0 Å². The van der Waals surface area contributed by atoms with Crippen LogP contribution in [0.3, 0.4) is 0 Å². The van der Waals surface area contributed by atoms with Gasteiger partial charge in [-0.1, -0.05) is 12.1 Å². The van der Waals surface area contributed by atoms with Crippen LogP contribution in [0.25, 0.3) is 10.9 Å². The highest BCUT2D eigenvalue weighted by Crippen LogP contribution is 2.29. The molecule has 35 heavy (non-hydrogen) atoms. The van der Waals surface area contributed by atoms with E-state index in [1.807, 2.05) is 29.2 Å². The fourth-order valence-electron chi connectivity index (χ4n) is 4.26. The fourth-order valence-corrected chi connectivity index (χ4v) is 4.26. The van der Waals surface area contributed by atoms with E-state index in [0.717, 1.165) is 30.6 Å². The molecule has 0 saturated carbocycles. The maximum atomic E-state index is 12.9. The molecule has 184 valence electrons. The smallest absolute Gasteiger partial charge is 0.261 e. The quantitative estimate of drug-likeness (QED) is 0.507. The van der Waals surface area contributed by atoms with E-state index in [9.17, 15) is 14.4 Å². The first-order chi connectivity index (χ1) is 17.0. The van der Waals surface area contributed by atoms with Crippen molar-refractivity contribution >= 4 is 28.4 Å². The van der Waals surface area contributed by atoms with Crippen LogP contribution in [0, 0.1) is 0 Å². The summed E-state index contributed by atoms with van der Waals surface area (Å²) in [4.78, 5) is 43.6. The van der Waals surface area contributed by atoms with Crippen molar-refractivity contribution in [2.75, 3.05) is 25.7 Å². The summed E-state index contributed by atoms with van der Waals surface area (Å²) in [6.45, 7) is 1.49. The zero-order valence-corrected chi connectivity index (χ0v) is 20.1. The van der Waals surface area contributed by atoms with Crippen LogP contribution in [-0.2, 0) is 22.7 Å². The van der Waals surface area contributed by atoms with Crippen molar-refractivity contribution in [1.82, 2.24) is 14.9 Å². The van der Waals surface area contributed by atoms with E-state index in [4.69, 9.17) is 9.47 Å². The molecule has 1 N–H and O–H groups in total. The minimum atomic E-state index is -0.194. The van der Waals surface area contributed by atoms with E-state index in [0.29, 0.717) is 48.3 Å². The van der Waals surface area contributed by atoms with Crippen molar-refractivity contribution in [2.24, 2.45) is 0 Å². The van der Waals surface area contributed by atoms with Gasteiger partial charge in [-0.2, -0.15) is 0 Å². The first-order valence-electron chi connectivity index (χ1n) is 11.8. The molecule has 1 aromatic heterocycles. The maximum Gasteiger partial charge on any atom is 0.261 e. The number of aryl methyl sites for hydroxylation is 1. The Kier molecular flexibility index (Phi) is 7.64. The normalized spacial score (nSPS) is 13.7. The Hall–Kier alpha value is -3.88. The second-order valence-electron chi connectivity index (χ2n) is 8.52. The average Bonchev–Trinajstić information content (AvgIpc) is 2.88. The number of hydrogen-bond donors (Lipinski definition) is 1. The molecule has 1 saturated heterocycles. The lowest BCUT2D eigenvalue weighted by Crippen LogP contribution is -2.35. The molecule has 9 heteroatoms. The lowest BCUT2D eigenvalue weighted by molar-refractivity contribution is -0.121. The number of rotatable bonds is 9. The third kappa shape index (κ3) is 5.62. The molecule has 2 heterocycles. The summed E-state index contributed by atoms with van der Waals surface area (Å²) in [6.07, 6.45) is 4.79. The number of methoxy groups -OCH3 is 2. The Bertz CT molecular complexity index is 1290. The molecule has 0 aliphatic carbocycles. The zero-order valence-electron chi connectivity index (χ0n) is 20.1. The van der Waals surface area contributed by atoms with Gasteiger partial charge < -0.3 is 19.7 Å². The van der Waals surface area contributed by atoms with Crippen LogP contribution in [0.15, 0.2) is 47.5 Å². The molecule has 1 aliphatic rings. The monoisotopic (exact) mass is 478 g/mol. The highest BCUT2D eigenvalue weighted by atomic mass is 16.5. The van der Waals surface area contributed by atoms with Crippen molar-refractivity contribution in [2.45, 2.75) is 45.2 Å². The number of benzene rings is 2. The first-order valence-corrected chi connectivity index (χ1v) is 11.8. The third-order valence-electron chi connectivity index (χ3n) is 6.17. The first kappa shape index (κ1) is 24.3. The van der Waals surface area contributed by atoms with E-state index >= 15 is 0 Å². The van der Waals surface area contributed by atoms with Gasteiger partial charge in [0, 0.05) is 44.2 Å². The summed E-state index contributed by atoms with van der Waals surface area (Å²) in [5, 5.41) is 3.35. The Morgan fingerprint density at radius 2 is 1.89 bits per heavy atom. The SMILES string of the molecule is COc1cc2ncn(CCCC(=O)NCc3cccc(N4CCCCC4=O)c3)c(=O)c2cc1OC. The van der Waals surface area contributed by atoms with Gasteiger partial charge in [0.2, 0.25) is 11.8 Å². The van der Waals surface area contributed by atoms with Gasteiger partial charge in [0.1, 0.15) is 0 Å². The molecule has 0 atom stereocenters. The molecule has 1 fully saturated rings. The number of anilines is 1. The molecule has 0 bridgehead atoms. The number of nitrogens with zero attached hydrogens (tertiary/aromatic N) is 3. The predicted molar refractivity (Wildman–Crippen MR) is 133 cm³/mol. The maximum absolute atomic E-state index is 12.9. The molecule has 3 aromatic rings. The van der Waals surface area contributed by atoms with E-state index < -0.39 is 0 Å². The second kappa shape index (κ2) is 11.0. The minimum absolute atomic E-state index is 0.0994. The molecule has 1 aliphatic heterocycles. The standard InChI is InChI=1S/C26H30N4O5/c1-34-22-14-20-21(15-23(22)35-2)28-17-29(26(20)33)11-6-9-24(31)27-16-18-7-5-8-19(13-18)30-12-4-3-10-25(30)32/h5,7-8,13-15,17H,3-4,6,9-12,16H2,1-2H3,(H,27,31). The van der Waals surface area contributed by atoms with Crippen LogP contribution in [0.4, 0.5) is 5.69 Å². The van der Waals surface area contributed by atoms with E-state index in [-0.39, 0.29) is 23.8 Å². The Balaban J connectivity index is 1.32. The number of carbonyl (C=O) groups is 2. The lowest BCUT2D eigenvalue weighted by atomic mass is 10.1. The molecule has 2 amide bonds. The predicted octanol–water partition coefficient (Wildman–Crippen LogP) is 3.03. The van der Waals surface area contributed by atoms with Crippen molar-refractivity contribution in [3.8, 4) is 11.5 Å². The molecule has 0 unspecified atom stereocenters. The average molecular weight is 479 g/mol. The van der Waals surface area contributed by atoms with Gasteiger partial charge >= 0.3 is 0 Å². The fraction of sp³-hybridized carbons (Fsp3) is 0.385. The van der Waals surface area contributed by atoms with Crippen molar-refractivity contribution < 1.29 is 19.1 Å². The summed E-state index contributed by atoms with van der Waals surface area (Å²) in [5.74, 6) is 1.02. The number of nitrogens with one attached hydrogen (secondary N) is 1. The van der Waals surface area contributed by atoms with Gasteiger partial charge in [-0.25, -0.2) is 4.98 Å². The van der Waals surface area contributed by atoms with Gasteiger partial charge in [0.05, 0.1) is 31.4 Å². The van der Waals surface area contributed by atoms with Crippen molar-refractivity contribution in [3.05, 3.63) is 58.6 Å². The van der Waals surface area contributed by atoms with Crippen LogP contribution < -0.4 is 25.2 Å². The summed E-state index contributed by atoms with van der Waals surface area (Å²) in [6, 6.07) is 11.0. The topological polar surface area (TPSA) is 103 Å². The molecule has 0 spiro atoms. The Labute approximate surface area is 203 Å². The Morgan fingerprint density at radius 1 is 1.09 bits per heavy atom.